The summed E-state index contributed by atoms with van der Waals surface area (Å²) in [4.78, 5) is 25.0. The van der Waals surface area contributed by atoms with Crippen LogP contribution in [0.3, 0.4) is 0 Å². The molecule has 0 bridgehead atoms. The quantitative estimate of drug-likeness (QED) is 0.466. The van der Waals surface area contributed by atoms with E-state index in [9.17, 15) is 14.9 Å². The van der Waals surface area contributed by atoms with Crippen LogP contribution in [0.4, 0.5) is 11.4 Å². The van der Waals surface area contributed by atoms with Crippen LogP contribution in [-0.4, -0.2) is 17.4 Å². The predicted molar refractivity (Wildman–Crippen MR) is 103 cm³/mol. The highest BCUT2D eigenvalue weighted by Gasteiger charge is 2.19. The second-order valence-corrected chi connectivity index (χ2v) is 5.81. The zero-order valence-corrected chi connectivity index (χ0v) is 14.5. The number of benzene rings is 3. The predicted octanol–water partition coefficient (Wildman–Crippen LogP) is 4.21. The molecule has 0 spiro atoms. The fourth-order valence-corrected chi connectivity index (χ4v) is 2.64. The first kappa shape index (κ1) is 18.1. The van der Waals surface area contributed by atoms with Gasteiger partial charge in [0.15, 0.2) is 12.4 Å². The van der Waals surface area contributed by atoms with Crippen molar-refractivity contribution in [3.05, 3.63) is 101 Å². The van der Waals surface area contributed by atoms with Crippen molar-refractivity contribution in [2.24, 2.45) is 0 Å². The Hall–Kier alpha value is -3.67. The number of ether oxygens (including phenoxy) is 1. The Kier molecular flexibility index (Phi) is 5.79. The Morgan fingerprint density at radius 1 is 0.889 bits per heavy atom. The molecule has 0 aliphatic carbocycles. The van der Waals surface area contributed by atoms with E-state index < -0.39 is 4.92 Å². The summed E-state index contributed by atoms with van der Waals surface area (Å²) < 4.78 is 5.47. The van der Waals surface area contributed by atoms with Gasteiger partial charge in [0.2, 0.25) is 0 Å². The molecule has 0 saturated heterocycles. The zero-order valence-electron chi connectivity index (χ0n) is 14.5. The molecule has 3 aromatic rings. The Labute approximate surface area is 156 Å². The SMILES string of the molecule is O=C(COc1ccccc1[N+](=O)[O-])N(Cc1ccccc1)c1ccccc1. The van der Waals surface area contributed by atoms with Crippen molar-refractivity contribution in [3.63, 3.8) is 0 Å². The number of nitrogens with zero attached hydrogens (tertiary/aromatic N) is 2. The molecule has 6 heteroatoms. The highest BCUT2D eigenvalue weighted by atomic mass is 16.6. The molecule has 3 rings (SSSR count). The van der Waals surface area contributed by atoms with E-state index in [2.05, 4.69) is 0 Å². The number of nitro groups is 1. The molecule has 0 fully saturated rings. The van der Waals surface area contributed by atoms with Crippen LogP contribution in [0.2, 0.25) is 0 Å². The minimum Gasteiger partial charge on any atom is -0.477 e. The molecule has 0 aliphatic rings. The van der Waals surface area contributed by atoms with Crippen LogP contribution in [0, 0.1) is 10.1 Å². The van der Waals surface area contributed by atoms with Gasteiger partial charge in [0, 0.05) is 11.8 Å². The highest BCUT2D eigenvalue weighted by Crippen LogP contribution is 2.26. The van der Waals surface area contributed by atoms with Gasteiger partial charge in [-0.05, 0) is 23.8 Å². The average Bonchev–Trinajstić information content (AvgIpc) is 2.72. The third kappa shape index (κ3) is 4.70. The molecule has 0 heterocycles. The minimum atomic E-state index is -0.529. The number of anilines is 1. The van der Waals surface area contributed by atoms with Gasteiger partial charge in [0.1, 0.15) is 0 Å². The van der Waals surface area contributed by atoms with Crippen molar-refractivity contribution in [3.8, 4) is 5.75 Å². The Balaban J connectivity index is 1.78. The van der Waals surface area contributed by atoms with Crippen molar-refractivity contribution in [2.75, 3.05) is 11.5 Å². The van der Waals surface area contributed by atoms with E-state index in [1.807, 2.05) is 60.7 Å². The minimum absolute atomic E-state index is 0.0728. The number of para-hydroxylation sites is 3. The lowest BCUT2D eigenvalue weighted by molar-refractivity contribution is -0.385. The number of carbonyl (C=O) groups excluding carboxylic acids is 1. The Morgan fingerprint density at radius 3 is 2.15 bits per heavy atom. The number of rotatable bonds is 7. The number of nitro benzene ring substituents is 1. The van der Waals surface area contributed by atoms with Gasteiger partial charge in [0.05, 0.1) is 11.5 Å². The van der Waals surface area contributed by atoms with Crippen molar-refractivity contribution in [1.82, 2.24) is 0 Å². The topological polar surface area (TPSA) is 72.7 Å². The summed E-state index contributed by atoms with van der Waals surface area (Å²) in [7, 11) is 0. The molecule has 0 aromatic heterocycles. The number of hydrogen-bond acceptors (Lipinski definition) is 4. The zero-order chi connectivity index (χ0) is 19.1. The van der Waals surface area contributed by atoms with Crippen molar-refractivity contribution in [2.45, 2.75) is 6.54 Å². The van der Waals surface area contributed by atoms with Crippen LogP contribution in [-0.2, 0) is 11.3 Å². The fourth-order valence-electron chi connectivity index (χ4n) is 2.64. The number of carbonyl (C=O) groups is 1. The first-order valence-electron chi connectivity index (χ1n) is 8.40. The van der Waals surface area contributed by atoms with Gasteiger partial charge in [-0.1, -0.05) is 60.7 Å². The second-order valence-electron chi connectivity index (χ2n) is 5.81. The van der Waals surface area contributed by atoms with E-state index in [1.54, 1.807) is 17.0 Å². The third-order valence-corrected chi connectivity index (χ3v) is 3.97. The van der Waals surface area contributed by atoms with Crippen LogP contribution in [0.1, 0.15) is 5.56 Å². The second kappa shape index (κ2) is 8.62. The van der Waals surface area contributed by atoms with Gasteiger partial charge in [-0.2, -0.15) is 0 Å². The van der Waals surface area contributed by atoms with Crippen molar-refractivity contribution >= 4 is 17.3 Å². The molecule has 0 saturated carbocycles. The van der Waals surface area contributed by atoms with Crippen molar-refractivity contribution in [1.29, 1.82) is 0 Å². The Bertz CT molecular complexity index is 914. The molecule has 0 atom stereocenters. The summed E-state index contributed by atoms with van der Waals surface area (Å²) in [5.74, 6) is -0.216. The number of amides is 1. The standard InChI is InChI=1S/C21H18N2O4/c24-21(16-27-20-14-8-7-13-19(20)23(25)26)22(18-11-5-2-6-12-18)15-17-9-3-1-4-10-17/h1-14H,15-16H2. The van der Waals surface area contributed by atoms with E-state index >= 15 is 0 Å². The fraction of sp³-hybridized carbons (Fsp3) is 0.0952. The molecule has 1 amide bonds. The highest BCUT2D eigenvalue weighted by molar-refractivity contribution is 5.94. The lowest BCUT2D eigenvalue weighted by Crippen LogP contribution is -2.34. The summed E-state index contributed by atoms with van der Waals surface area (Å²) in [6.07, 6.45) is 0. The van der Waals surface area contributed by atoms with Gasteiger partial charge in [-0.3, -0.25) is 14.9 Å². The summed E-state index contributed by atoms with van der Waals surface area (Å²) in [6.45, 7) is 0.0799. The molecule has 0 unspecified atom stereocenters. The van der Waals surface area contributed by atoms with Crippen LogP contribution in [0.25, 0.3) is 0 Å². The molecule has 6 nitrogen and oxygen atoms in total. The van der Waals surface area contributed by atoms with Crippen LogP contribution < -0.4 is 9.64 Å². The summed E-state index contributed by atoms with van der Waals surface area (Å²) in [5, 5.41) is 11.1. The molecule has 0 aliphatic heterocycles. The van der Waals surface area contributed by atoms with E-state index in [1.165, 1.54) is 12.1 Å². The molecule has 27 heavy (non-hydrogen) atoms. The average molecular weight is 362 g/mol. The van der Waals surface area contributed by atoms with Gasteiger partial charge in [0.25, 0.3) is 5.91 Å². The smallest absolute Gasteiger partial charge is 0.310 e. The van der Waals surface area contributed by atoms with E-state index in [0.29, 0.717) is 6.54 Å². The van der Waals surface area contributed by atoms with Gasteiger partial charge >= 0.3 is 5.69 Å². The normalized spacial score (nSPS) is 10.2. The summed E-state index contributed by atoms with van der Waals surface area (Å²) >= 11 is 0. The summed E-state index contributed by atoms with van der Waals surface area (Å²) in [5.41, 5.74) is 1.54. The largest absolute Gasteiger partial charge is 0.477 e. The monoisotopic (exact) mass is 362 g/mol. The third-order valence-electron chi connectivity index (χ3n) is 3.97. The van der Waals surface area contributed by atoms with Gasteiger partial charge in [-0.25, -0.2) is 0 Å². The molecule has 0 N–H and O–H groups in total. The molecular formula is C21H18N2O4. The lowest BCUT2D eigenvalue weighted by atomic mass is 10.2. The maximum absolute atomic E-state index is 12.8. The Morgan fingerprint density at radius 2 is 1.48 bits per heavy atom. The molecule has 3 aromatic carbocycles. The van der Waals surface area contributed by atoms with Crippen LogP contribution in [0.15, 0.2) is 84.9 Å². The first-order valence-corrected chi connectivity index (χ1v) is 8.40. The van der Waals surface area contributed by atoms with Crippen LogP contribution >= 0.6 is 0 Å². The number of hydrogen-bond donors (Lipinski definition) is 0. The molecule has 136 valence electrons. The maximum atomic E-state index is 12.8. The van der Waals surface area contributed by atoms with Gasteiger partial charge < -0.3 is 9.64 Å². The lowest BCUT2D eigenvalue weighted by Gasteiger charge is -2.23. The van der Waals surface area contributed by atoms with E-state index in [4.69, 9.17) is 4.74 Å². The van der Waals surface area contributed by atoms with Gasteiger partial charge in [-0.15, -0.1) is 0 Å². The molecule has 0 radical (unpaired) electrons. The summed E-state index contributed by atoms with van der Waals surface area (Å²) in [6, 6.07) is 24.9. The van der Waals surface area contributed by atoms with Crippen molar-refractivity contribution < 1.29 is 14.5 Å². The van der Waals surface area contributed by atoms with Crippen LogP contribution in [0.5, 0.6) is 5.75 Å². The molecular weight excluding hydrogens is 344 g/mol. The first-order chi connectivity index (χ1) is 13.1. The van der Waals surface area contributed by atoms with E-state index in [0.717, 1.165) is 11.3 Å². The van der Waals surface area contributed by atoms with E-state index in [-0.39, 0.29) is 24.0 Å². The maximum Gasteiger partial charge on any atom is 0.310 e.